The molecule has 1 unspecified atom stereocenters. The minimum Gasteiger partial charge on any atom is -0.212 e. The molecule has 0 saturated carbocycles. The van der Waals surface area contributed by atoms with Crippen molar-refractivity contribution in [1.29, 1.82) is 0 Å². The van der Waals surface area contributed by atoms with Crippen molar-refractivity contribution < 1.29 is 8.42 Å². The Labute approximate surface area is 159 Å². The number of rotatable bonds is 4. The minimum absolute atomic E-state index is 0.0114. The summed E-state index contributed by atoms with van der Waals surface area (Å²) in [5.41, 5.74) is 1.91. The molecular formula is C19H21Cl2NO2S. The number of hydrogen-bond acceptors (Lipinski definition) is 2. The molecule has 0 spiro atoms. The molecule has 6 heteroatoms. The first kappa shape index (κ1) is 18.7. The molecule has 1 atom stereocenters. The molecule has 0 radical (unpaired) electrons. The van der Waals surface area contributed by atoms with Crippen LogP contribution in [0, 0.1) is 0 Å². The monoisotopic (exact) mass is 397 g/mol. The lowest BCUT2D eigenvalue weighted by molar-refractivity contribution is 0.405. The van der Waals surface area contributed by atoms with E-state index in [-0.39, 0.29) is 11.7 Å². The lowest BCUT2D eigenvalue weighted by Gasteiger charge is -2.24. The second-order valence-corrected chi connectivity index (χ2v) is 9.33. The van der Waals surface area contributed by atoms with Gasteiger partial charge in [-0.15, -0.1) is 0 Å². The quantitative estimate of drug-likeness (QED) is 0.719. The molecule has 2 aromatic carbocycles. The van der Waals surface area contributed by atoms with Gasteiger partial charge in [0.05, 0.1) is 5.75 Å². The van der Waals surface area contributed by atoms with Gasteiger partial charge < -0.3 is 0 Å². The van der Waals surface area contributed by atoms with Gasteiger partial charge in [-0.3, -0.25) is 0 Å². The average molecular weight is 398 g/mol. The Bertz CT molecular complexity index is 804. The molecule has 3 nitrogen and oxygen atoms in total. The van der Waals surface area contributed by atoms with Crippen molar-refractivity contribution in [1.82, 2.24) is 4.31 Å². The zero-order chi connectivity index (χ0) is 17.9. The Morgan fingerprint density at radius 1 is 0.920 bits per heavy atom. The zero-order valence-electron chi connectivity index (χ0n) is 13.9. The molecule has 0 aromatic heterocycles. The van der Waals surface area contributed by atoms with Crippen LogP contribution in [0.25, 0.3) is 0 Å². The standard InChI is InChI=1S/C19H21Cl2NO2S/c20-18-8-4-15(5-9-18)14-25(23,24)22-12-2-1-3-17(13-22)16-6-10-19(21)11-7-16/h4-11,17H,1-3,12-14H2. The Hall–Kier alpha value is -1.07. The normalized spacial score (nSPS) is 19.5. The summed E-state index contributed by atoms with van der Waals surface area (Å²) >= 11 is 11.9. The van der Waals surface area contributed by atoms with Gasteiger partial charge in [-0.2, -0.15) is 0 Å². The van der Waals surface area contributed by atoms with Crippen LogP contribution >= 0.6 is 23.2 Å². The number of hydrogen-bond donors (Lipinski definition) is 0. The number of benzene rings is 2. The van der Waals surface area contributed by atoms with E-state index < -0.39 is 10.0 Å². The second-order valence-electron chi connectivity index (χ2n) is 6.48. The predicted molar refractivity (Wildman–Crippen MR) is 104 cm³/mol. The van der Waals surface area contributed by atoms with E-state index in [0.717, 1.165) is 30.4 Å². The predicted octanol–water partition coefficient (Wildman–Crippen LogP) is 5.09. The highest BCUT2D eigenvalue weighted by Gasteiger charge is 2.28. The van der Waals surface area contributed by atoms with E-state index >= 15 is 0 Å². The molecule has 134 valence electrons. The van der Waals surface area contributed by atoms with Crippen molar-refractivity contribution in [2.45, 2.75) is 30.9 Å². The molecule has 1 heterocycles. The fraction of sp³-hybridized carbons (Fsp3) is 0.368. The Morgan fingerprint density at radius 3 is 2.16 bits per heavy atom. The van der Waals surface area contributed by atoms with Gasteiger partial charge in [-0.05, 0) is 54.2 Å². The van der Waals surface area contributed by atoms with Crippen molar-refractivity contribution in [2.24, 2.45) is 0 Å². The van der Waals surface area contributed by atoms with E-state index in [0.29, 0.717) is 23.1 Å². The van der Waals surface area contributed by atoms with Gasteiger partial charge in [-0.1, -0.05) is 53.9 Å². The SMILES string of the molecule is O=S(=O)(Cc1ccc(Cl)cc1)N1CCCCC(c2ccc(Cl)cc2)C1. The van der Waals surface area contributed by atoms with Crippen LogP contribution in [0.15, 0.2) is 48.5 Å². The average Bonchev–Trinajstić information content (AvgIpc) is 2.84. The summed E-state index contributed by atoms with van der Waals surface area (Å²) in [6.07, 6.45) is 2.92. The molecular weight excluding hydrogens is 377 g/mol. The molecule has 1 saturated heterocycles. The van der Waals surface area contributed by atoms with E-state index in [9.17, 15) is 8.42 Å². The number of halogens is 2. The van der Waals surface area contributed by atoms with Crippen LogP contribution in [0.1, 0.15) is 36.3 Å². The Kier molecular flexibility index (Phi) is 6.05. The first-order valence-electron chi connectivity index (χ1n) is 8.42. The highest BCUT2D eigenvalue weighted by Crippen LogP contribution is 2.29. The summed E-state index contributed by atoms with van der Waals surface area (Å²) < 4.78 is 27.4. The van der Waals surface area contributed by atoms with Gasteiger partial charge >= 0.3 is 0 Å². The first-order chi connectivity index (χ1) is 11.9. The van der Waals surface area contributed by atoms with Crippen LogP contribution in [0.2, 0.25) is 10.0 Å². The van der Waals surface area contributed by atoms with E-state index in [1.165, 1.54) is 0 Å². The summed E-state index contributed by atoms with van der Waals surface area (Å²) in [6.45, 7) is 1.11. The molecule has 0 amide bonds. The van der Waals surface area contributed by atoms with Crippen LogP contribution in [0.3, 0.4) is 0 Å². The molecule has 1 aliphatic rings. The van der Waals surface area contributed by atoms with E-state index in [1.807, 2.05) is 24.3 Å². The first-order valence-corrected chi connectivity index (χ1v) is 10.8. The van der Waals surface area contributed by atoms with Crippen LogP contribution in [0.5, 0.6) is 0 Å². The summed E-state index contributed by atoms with van der Waals surface area (Å²) in [4.78, 5) is 0. The molecule has 1 fully saturated rings. The van der Waals surface area contributed by atoms with Crippen LogP contribution in [-0.4, -0.2) is 25.8 Å². The number of sulfonamides is 1. The maximum absolute atomic E-state index is 12.9. The van der Waals surface area contributed by atoms with Gasteiger partial charge in [0.1, 0.15) is 0 Å². The summed E-state index contributed by atoms with van der Waals surface area (Å²) in [5, 5.41) is 1.31. The molecule has 0 bridgehead atoms. The second kappa shape index (κ2) is 8.09. The van der Waals surface area contributed by atoms with Crippen molar-refractivity contribution in [3.05, 3.63) is 69.7 Å². The fourth-order valence-corrected chi connectivity index (χ4v) is 5.11. The highest BCUT2D eigenvalue weighted by molar-refractivity contribution is 7.88. The molecule has 25 heavy (non-hydrogen) atoms. The third-order valence-corrected chi connectivity index (χ3v) is 6.95. The van der Waals surface area contributed by atoms with Gasteiger partial charge in [0, 0.05) is 23.1 Å². The molecule has 0 aliphatic carbocycles. The molecule has 3 rings (SSSR count). The lowest BCUT2D eigenvalue weighted by Crippen LogP contribution is -2.35. The maximum atomic E-state index is 12.9. The summed E-state index contributed by atoms with van der Waals surface area (Å²) in [5.74, 6) is 0.220. The number of nitrogens with zero attached hydrogens (tertiary/aromatic N) is 1. The minimum atomic E-state index is -3.36. The lowest BCUT2D eigenvalue weighted by atomic mass is 9.95. The smallest absolute Gasteiger partial charge is 0.212 e. The van der Waals surface area contributed by atoms with Gasteiger partial charge in [0.15, 0.2) is 0 Å². The van der Waals surface area contributed by atoms with E-state index in [2.05, 4.69) is 0 Å². The van der Waals surface area contributed by atoms with Crippen LogP contribution in [0.4, 0.5) is 0 Å². The molecule has 0 N–H and O–H groups in total. The van der Waals surface area contributed by atoms with Crippen LogP contribution in [-0.2, 0) is 15.8 Å². The van der Waals surface area contributed by atoms with Crippen molar-refractivity contribution in [3.8, 4) is 0 Å². The third-order valence-electron chi connectivity index (χ3n) is 4.63. The van der Waals surface area contributed by atoms with Crippen molar-refractivity contribution >= 4 is 33.2 Å². The fourth-order valence-electron chi connectivity index (χ4n) is 3.25. The third kappa shape index (κ3) is 4.98. The van der Waals surface area contributed by atoms with Crippen molar-refractivity contribution in [2.75, 3.05) is 13.1 Å². The summed E-state index contributed by atoms with van der Waals surface area (Å²) in [7, 11) is -3.36. The van der Waals surface area contributed by atoms with E-state index in [4.69, 9.17) is 23.2 Å². The maximum Gasteiger partial charge on any atom is 0.218 e. The largest absolute Gasteiger partial charge is 0.218 e. The Balaban J connectivity index is 1.77. The summed E-state index contributed by atoms with van der Waals surface area (Å²) in [6, 6.07) is 14.7. The van der Waals surface area contributed by atoms with Gasteiger partial charge in [-0.25, -0.2) is 12.7 Å². The van der Waals surface area contributed by atoms with Crippen LogP contribution < -0.4 is 0 Å². The highest BCUT2D eigenvalue weighted by atomic mass is 35.5. The molecule has 2 aromatic rings. The molecule has 1 aliphatic heterocycles. The van der Waals surface area contributed by atoms with Gasteiger partial charge in [0.25, 0.3) is 0 Å². The zero-order valence-corrected chi connectivity index (χ0v) is 16.2. The van der Waals surface area contributed by atoms with Crippen molar-refractivity contribution in [3.63, 3.8) is 0 Å². The topological polar surface area (TPSA) is 37.4 Å². The van der Waals surface area contributed by atoms with Gasteiger partial charge in [0.2, 0.25) is 10.0 Å². The Morgan fingerprint density at radius 2 is 1.52 bits per heavy atom. The van der Waals surface area contributed by atoms with E-state index in [1.54, 1.807) is 28.6 Å².